The van der Waals surface area contributed by atoms with Gasteiger partial charge in [0, 0.05) is 7.11 Å². The summed E-state index contributed by atoms with van der Waals surface area (Å²) in [5.74, 6) is 1.27. The van der Waals surface area contributed by atoms with E-state index in [0.29, 0.717) is 11.7 Å². The predicted octanol–water partition coefficient (Wildman–Crippen LogP) is 2.79. The lowest BCUT2D eigenvalue weighted by Gasteiger charge is -2.25. The first kappa shape index (κ1) is 15.1. The van der Waals surface area contributed by atoms with Gasteiger partial charge in [0.2, 0.25) is 11.7 Å². The Balaban J connectivity index is 2.84. The molecule has 1 aromatic heterocycles. The Morgan fingerprint density at radius 1 is 1.33 bits per heavy atom. The SMILES string of the molecule is CCCNC(C)c1nc(C(CC)(CC)OC)no1. The summed E-state index contributed by atoms with van der Waals surface area (Å²) in [5, 5.41) is 7.41. The van der Waals surface area contributed by atoms with Crippen molar-refractivity contribution < 1.29 is 9.26 Å². The summed E-state index contributed by atoms with van der Waals surface area (Å²) in [7, 11) is 1.70. The third kappa shape index (κ3) is 3.09. The normalized spacial score (nSPS) is 13.8. The summed E-state index contributed by atoms with van der Waals surface area (Å²) in [6.45, 7) is 9.24. The molecule has 0 aliphatic heterocycles. The summed E-state index contributed by atoms with van der Waals surface area (Å²) in [5.41, 5.74) is -0.424. The average Bonchev–Trinajstić information content (AvgIpc) is 2.89. The first-order chi connectivity index (χ1) is 8.63. The molecule has 1 aromatic rings. The number of ether oxygens (including phenoxy) is 1. The molecule has 1 unspecified atom stereocenters. The van der Waals surface area contributed by atoms with Crippen LogP contribution >= 0.6 is 0 Å². The van der Waals surface area contributed by atoms with E-state index in [0.717, 1.165) is 25.8 Å². The zero-order valence-corrected chi connectivity index (χ0v) is 12.1. The van der Waals surface area contributed by atoms with Gasteiger partial charge in [-0.1, -0.05) is 25.9 Å². The largest absolute Gasteiger partial charge is 0.370 e. The molecule has 0 amide bonds. The molecule has 0 fully saturated rings. The monoisotopic (exact) mass is 255 g/mol. The fourth-order valence-electron chi connectivity index (χ4n) is 1.99. The van der Waals surface area contributed by atoms with Crippen molar-refractivity contribution in [1.82, 2.24) is 15.5 Å². The van der Waals surface area contributed by atoms with E-state index < -0.39 is 5.60 Å². The Labute approximate surface area is 109 Å². The van der Waals surface area contributed by atoms with Gasteiger partial charge in [-0.05, 0) is 32.7 Å². The molecule has 1 N–H and O–H groups in total. The second-order valence-corrected chi connectivity index (χ2v) is 4.54. The maximum absolute atomic E-state index is 5.59. The second kappa shape index (κ2) is 6.85. The highest BCUT2D eigenvalue weighted by molar-refractivity contribution is 5.02. The molecule has 0 radical (unpaired) electrons. The summed E-state index contributed by atoms with van der Waals surface area (Å²) >= 11 is 0. The van der Waals surface area contributed by atoms with Crippen LogP contribution in [0, 0.1) is 0 Å². The third-order valence-electron chi connectivity index (χ3n) is 3.45. The van der Waals surface area contributed by atoms with Crippen molar-refractivity contribution in [2.75, 3.05) is 13.7 Å². The van der Waals surface area contributed by atoms with Crippen LogP contribution in [0.15, 0.2) is 4.52 Å². The van der Waals surface area contributed by atoms with Gasteiger partial charge in [0.25, 0.3) is 0 Å². The number of nitrogens with zero attached hydrogens (tertiary/aromatic N) is 2. The Kier molecular flexibility index (Phi) is 5.75. The van der Waals surface area contributed by atoms with E-state index >= 15 is 0 Å². The number of methoxy groups -OCH3 is 1. The van der Waals surface area contributed by atoms with E-state index in [2.05, 4.69) is 36.2 Å². The zero-order chi connectivity index (χ0) is 13.6. The molecule has 0 saturated carbocycles. The Hall–Kier alpha value is -0.940. The quantitative estimate of drug-likeness (QED) is 0.774. The average molecular weight is 255 g/mol. The third-order valence-corrected chi connectivity index (χ3v) is 3.45. The van der Waals surface area contributed by atoms with Crippen molar-refractivity contribution in [2.45, 2.75) is 58.6 Å². The summed E-state index contributed by atoms with van der Waals surface area (Å²) in [6, 6.07) is 0.0782. The van der Waals surface area contributed by atoms with E-state index in [1.807, 2.05) is 6.92 Å². The first-order valence-electron chi connectivity index (χ1n) is 6.76. The molecule has 1 heterocycles. The van der Waals surface area contributed by atoms with Crippen molar-refractivity contribution in [2.24, 2.45) is 0 Å². The van der Waals surface area contributed by atoms with Crippen molar-refractivity contribution in [3.63, 3.8) is 0 Å². The van der Waals surface area contributed by atoms with Crippen LogP contribution in [-0.4, -0.2) is 23.8 Å². The Morgan fingerprint density at radius 3 is 2.50 bits per heavy atom. The van der Waals surface area contributed by atoms with Crippen LogP contribution in [0.5, 0.6) is 0 Å². The van der Waals surface area contributed by atoms with E-state index in [1.54, 1.807) is 7.11 Å². The fourth-order valence-corrected chi connectivity index (χ4v) is 1.99. The van der Waals surface area contributed by atoms with E-state index in [9.17, 15) is 0 Å². The molecule has 1 rings (SSSR count). The topological polar surface area (TPSA) is 60.2 Å². The van der Waals surface area contributed by atoms with E-state index in [1.165, 1.54) is 0 Å². The summed E-state index contributed by atoms with van der Waals surface area (Å²) < 4.78 is 10.9. The molecule has 0 spiro atoms. The van der Waals surface area contributed by atoms with Gasteiger partial charge in [0.05, 0.1) is 6.04 Å². The van der Waals surface area contributed by atoms with E-state index in [4.69, 9.17) is 9.26 Å². The van der Waals surface area contributed by atoms with Crippen LogP contribution in [0.4, 0.5) is 0 Å². The van der Waals surface area contributed by atoms with Crippen LogP contribution in [0.1, 0.15) is 64.7 Å². The van der Waals surface area contributed by atoms with Crippen LogP contribution in [-0.2, 0) is 10.3 Å². The van der Waals surface area contributed by atoms with Crippen LogP contribution in [0.3, 0.4) is 0 Å². The summed E-state index contributed by atoms with van der Waals surface area (Å²) in [6.07, 6.45) is 2.74. The summed E-state index contributed by atoms with van der Waals surface area (Å²) in [4.78, 5) is 4.48. The minimum atomic E-state index is -0.424. The first-order valence-corrected chi connectivity index (χ1v) is 6.76. The highest BCUT2D eigenvalue weighted by Crippen LogP contribution is 2.30. The van der Waals surface area contributed by atoms with Crippen molar-refractivity contribution in [1.29, 1.82) is 0 Å². The van der Waals surface area contributed by atoms with E-state index in [-0.39, 0.29) is 6.04 Å². The number of hydrogen-bond donors (Lipinski definition) is 1. The fraction of sp³-hybridized carbons (Fsp3) is 0.846. The lowest BCUT2D eigenvalue weighted by molar-refractivity contribution is -0.0306. The van der Waals surface area contributed by atoms with Gasteiger partial charge in [-0.3, -0.25) is 0 Å². The van der Waals surface area contributed by atoms with Gasteiger partial charge < -0.3 is 14.6 Å². The molecule has 0 aromatic carbocycles. The Bertz CT molecular complexity index is 339. The minimum absolute atomic E-state index is 0.0782. The van der Waals surface area contributed by atoms with Gasteiger partial charge in [0.1, 0.15) is 5.60 Å². The highest BCUT2D eigenvalue weighted by Gasteiger charge is 2.34. The molecular weight excluding hydrogens is 230 g/mol. The van der Waals surface area contributed by atoms with Gasteiger partial charge in [-0.15, -0.1) is 0 Å². The van der Waals surface area contributed by atoms with Gasteiger partial charge >= 0.3 is 0 Å². The van der Waals surface area contributed by atoms with Crippen LogP contribution < -0.4 is 5.32 Å². The molecule has 0 saturated heterocycles. The maximum Gasteiger partial charge on any atom is 0.243 e. The molecule has 0 aliphatic rings. The van der Waals surface area contributed by atoms with Gasteiger partial charge in [-0.2, -0.15) is 4.98 Å². The van der Waals surface area contributed by atoms with Crippen molar-refractivity contribution in [3.05, 3.63) is 11.7 Å². The molecule has 104 valence electrons. The van der Waals surface area contributed by atoms with Crippen LogP contribution in [0.25, 0.3) is 0 Å². The Morgan fingerprint density at radius 2 is 2.00 bits per heavy atom. The van der Waals surface area contributed by atoms with Crippen molar-refractivity contribution >= 4 is 0 Å². The zero-order valence-electron chi connectivity index (χ0n) is 12.1. The van der Waals surface area contributed by atoms with Gasteiger partial charge in [0.15, 0.2) is 0 Å². The lowest BCUT2D eigenvalue weighted by Crippen LogP contribution is -2.28. The number of rotatable bonds is 8. The highest BCUT2D eigenvalue weighted by atomic mass is 16.5. The number of aromatic nitrogens is 2. The minimum Gasteiger partial charge on any atom is -0.370 e. The maximum atomic E-state index is 5.59. The molecule has 5 nitrogen and oxygen atoms in total. The molecular formula is C13H25N3O2. The van der Waals surface area contributed by atoms with Crippen LogP contribution in [0.2, 0.25) is 0 Å². The second-order valence-electron chi connectivity index (χ2n) is 4.54. The molecule has 0 bridgehead atoms. The molecule has 0 aliphatic carbocycles. The van der Waals surface area contributed by atoms with Gasteiger partial charge in [-0.25, -0.2) is 0 Å². The lowest BCUT2D eigenvalue weighted by atomic mass is 9.96. The molecule has 18 heavy (non-hydrogen) atoms. The predicted molar refractivity (Wildman–Crippen MR) is 70.3 cm³/mol. The molecule has 1 atom stereocenters. The molecule has 5 heteroatoms. The smallest absolute Gasteiger partial charge is 0.243 e. The standard InChI is InChI=1S/C13H25N3O2/c1-6-9-14-10(4)11-15-12(16-18-11)13(7-2,8-3)17-5/h10,14H,6-9H2,1-5H3. The van der Waals surface area contributed by atoms with Crippen molar-refractivity contribution in [3.8, 4) is 0 Å². The number of hydrogen-bond acceptors (Lipinski definition) is 5. The number of nitrogens with one attached hydrogen (secondary N) is 1.